The van der Waals surface area contributed by atoms with Crippen LogP contribution in [0.15, 0.2) is 18.2 Å². The van der Waals surface area contributed by atoms with Crippen LogP contribution in [0.25, 0.3) is 0 Å². The Morgan fingerprint density at radius 2 is 1.94 bits per heavy atom. The zero-order chi connectivity index (χ0) is 12.2. The van der Waals surface area contributed by atoms with Crippen LogP contribution in [0.5, 0.6) is 5.75 Å². The third-order valence-electron chi connectivity index (χ3n) is 2.25. The molecule has 1 aromatic carbocycles. The zero-order valence-electron chi connectivity index (χ0n) is 9.04. The summed E-state index contributed by atoms with van der Waals surface area (Å²) in [5, 5.41) is 9.55. The van der Waals surface area contributed by atoms with Gasteiger partial charge in [-0.15, -0.1) is 0 Å². The molecular weight excluding hydrogens is 216 g/mol. The first-order valence-corrected chi connectivity index (χ1v) is 4.95. The van der Waals surface area contributed by atoms with E-state index in [1.165, 1.54) is 13.0 Å². The number of aliphatic hydroxyl groups is 1. The molecule has 1 rings (SSSR count). The minimum Gasteiger partial charge on any atom is -0.487 e. The average molecular weight is 231 g/mol. The lowest BCUT2D eigenvalue weighted by atomic mass is 10.0. The average Bonchev–Trinajstić information content (AvgIpc) is 2.22. The second-order valence-corrected chi connectivity index (χ2v) is 3.85. The number of nitrogens with two attached hydrogens (primary N) is 1. The molecule has 90 valence electrons. The predicted octanol–water partition coefficient (Wildman–Crippen LogP) is 1.44. The van der Waals surface area contributed by atoms with Crippen LogP contribution < -0.4 is 10.5 Å². The van der Waals surface area contributed by atoms with E-state index in [-0.39, 0.29) is 19.6 Å². The van der Waals surface area contributed by atoms with Gasteiger partial charge in [-0.25, -0.2) is 8.78 Å². The number of ether oxygens (including phenoxy) is 1. The Hall–Kier alpha value is -1.20. The van der Waals surface area contributed by atoms with Crippen LogP contribution in [0.4, 0.5) is 8.78 Å². The molecule has 0 fully saturated rings. The number of hydrogen-bond donors (Lipinski definition) is 2. The summed E-state index contributed by atoms with van der Waals surface area (Å²) < 4.78 is 31.1. The van der Waals surface area contributed by atoms with Crippen molar-refractivity contribution >= 4 is 0 Å². The quantitative estimate of drug-likeness (QED) is 0.806. The Labute approximate surface area is 92.8 Å². The van der Waals surface area contributed by atoms with Crippen molar-refractivity contribution in [3.63, 3.8) is 0 Å². The first kappa shape index (κ1) is 12.9. The van der Waals surface area contributed by atoms with Gasteiger partial charge in [0.25, 0.3) is 0 Å². The maximum atomic E-state index is 13.1. The molecule has 0 aliphatic heterocycles. The summed E-state index contributed by atoms with van der Waals surface area (Å²) in [4.78, 5) is 0. The third-order valence-corrected chi connectivity index (χ3v) is 2.25. The molecule has 5 heteroatoms. The summed E-state index contributed by atoms with van der Waals surface area (Å²) in [6.45, 7) is 1.60. The van der Waals surface area contributed by atoms with Crippen molar-refractivity contribution in [1.29, 1.82) is 0 Å². The first-order chi connectivity index (χ1) is 7.46. The van der Waals surface area contributed by atoms with E-state index in [9.17, 15) is 13.9 Å². The maximum Gasteiger partial charge on any atom is 0.190 e. The van der Waals surface area contributed by atoms with Gasteiger partial charge in [0, 0.05) is 13.0 Å². The Morgan fingerprint density at radius 1 is 1.38 bits per heavy atom. The Kier molecular flexibility index (Phi) is 4.20. The molecule has 0 amide bonds. The lowest BCUT2D eigenvalue weighted by molar-refractivity contribution is 0.0442. The molecule has 3 nitrogen and oxygen atoms in total. The number of benzene rings is 1. The largest absolute Gasteiger partial charge is 0.487 e. The van der Waals surface area contributed by atoms with E-state index >= 15 is 0 Å². The highest BCUT2D eigenvalue weighted by Crippen LogP contribution is 2.21. The van der Waals surface area contributed by atoms with Crippen molar-refractivity contribution in [1.82, 2.24) is 0 Å². The minimum atomic E-state index is -1.08. The molecule has 0 radical (unpaired) electrons. The minimum absolute atomic E-state index is 0.00204. The van der Waals surface area contributed by atoms with Crippen LogP contribution in [0, 0.1) is 11.6 Å². The van der Waals surface area contributed by atoms with Gasteiger partial charge < -0.3 is 15.6 Å². The molecule has 1 unspecified atom stereocenters. The van der Waals surface area contributed by atoms with Crippen molar-refractivity contribution in [2.24, 2.45) is 5.73 Å². The number of halogens is 2. The Bertz CT molecular complexity index is 336. The fourth-order valence-corrected chi connectivity index (χ4v) is 1.10. The molecular formula is C11H15F2NO2. The summed E-state index contributed by atoms with van der Waals surface area (Å²) in [5.41, 5.74) is 4.21. The molecule has 1 aromatic rings. The van der Waals surface area contributed by atoms with Crippen LogP contribution in [-0.2, 0) is 0 Å². The van der Waals surface area contributed by atoms with Crippen molar-refractivity contribution in [3.05, 3.63) is 29.8 Å². The third kappa shape index (κ3) is 3.43. The Balaban J connectivity index is 2.56. The van der Waals surface area contributed by atoms with Crippen LogP contribution in [0.1, 0.15) is 13.3 Å². The summed E-state index contributed by atoms with van der Waals surface area (Å²) in [6, 6.07) is 3.48. The molecule has 0 saturated heterocycles. The fourth-order valence-electron chi connectivity index (χ4n) is 1.10. The van der Waals surface area contributed by atoms with Crippen LogP contribution in [-0.4, -0.2) is 23.9 Å². The molecule has 0 aliphatic rings. The standard InChI is InChI=1S/C11H15F2NO2/c1-11(15,7-14)5-6-16-10-8(12)3-2-4-9(10)13/h2-4,15H,5-7,14H2,1H3. The lowest BCUT2D eigenvalue weighted by Crippen LogP contribution is -2.35. The summed E-state index contributed by atoms with van der Waals surface area (Å²) in [6.07, 6.45) is 0.206. The molecule has 0 aromatic heterocycles. The van der Waals surface area contributed by atoms with E-state index in [1.807, 2.05) is 0 Å². The van der Waals surface area contributed by atoms with Gasteiger partial charge in [-0.05, 0) is 19.1 Å². The molecule has 3 N–H and O–H groups in total. The van der Waals surface area contributed by atoms with Gasteiger partial charge in [0.1, 0.15) is 0 Å². The monoisotopic (exact) mass is 231 g/mol. The SMILES string of the molecule is CC(O)(CN)CCOc1c(F)cccc1F. The summed E-state index contributed by atoms with van der Waals surface area (Å²) >= 11 is 0. The molecule has 0 bridgehead atoms. The smallest absolute Gasteiger partial charge is 0.190 e. The molecule has 16 heavy (non-hydrogen) atoms. The number of para-hydroxylation sites is 1. The van der Waals surface area contributed by atoms with Crippen LogP contribution in [0.3, 0.4) is 0 Å². The molecule has 0 aliphatic carbocycles. The maximum absolute atomic E-state index is 13.1. The van der Waals surface area contributed by atoms with E-state index in [1.54, 1.807) is 0 Å². The second kappa shape index (κ2) is 5.23. The summed E-state index contributed by atoms with van der Waals surface area (Å²) in [5.74, 6) is -1.94. The first-order valence-electron chi connectivity index (χ1n) is 4.95. The highest BCUT2D eigenvalue weighted by atomic mass is 19.1. The van der Waals surface area contributed by atoms with E-state index in [0.717, 1.165) is 12.1 Å². The van der Waals surface area contributed by atoms with Crippen LogP contribution in [0.2, 0.25) is 0 Å². The Morgan fingerprint density at radius 3 is 2.44 bits per heavy atom. The summed E-state index contributed by atoms with van der Waals surface area (Å²) in [7, 11) is 0. The van der Waals surface area contributed by atoms with Crippen molar-refractivity contribution in [3.8, 4) is 5.75 Å². The van der Waals surface area contributed by atoms with Gasteiger partial charge in [-0.2, -0.15) is 0 Å². The predicted molar refractivity (Wildman–Crippen MR) is 56.1 cm³/mol. The highest BCUT2D eigenvalue weighted by molar-refractivity contribution is 5.25. The van der Waals surface area contributed by atoms with Gasteiger partial charge >= 0.3 is 0 Å². The van der Waals surface area contributed by atoms with Gasteiger partial charge in [0.15, 0.2) is 17.4 Å². The van der Waals surface area contributed by atoms with Gasteiger partial charge in [-0.3, -0.25) is 0 Å². The van der Waals surface area contributed by atoms with E-state index in [2.05, 4.69) is 0 Å². The number of hydrogen-bond acceptors (Lipinski definition) is 3. The van der Waals surface area contributed by atoms with Gasteiger partial charge in [0.05, 0.1) is 12.2 Å². The lowest BCUT2D eigenvalue weighted by Gasteiger charge is -2.20. The molecule has 0 saturated carbocycles. The normalized spacial score (nSPS) is 14.6. The van der Waals surface area contributed by atoms with Crippen molar-refractivity contribution in [2.75, 3.05) is 13.2 Å². The highest BCUT2D eigenvalue weighted by Gasteiger charge is 2.18. The van der Waals surface area contributed by atoms with E-state index in [4.69, 9.17) is 10.5 Å². The molecule has 1 atom stereocenters. The fraction of sp³-hybridized carbons (Fsp3) is 0.455. The van der Waals surface area contributed by atoms with E-state index < -0.39 is 23.0 Å². The topological polar surface area (TPSA) is 55.5 Å². The number of rotatable bonds is 5. The van der Waals surface area contributed by atoms with Crippen LogP contribution >= 0.6 is 0 Å². The second-order valence-electron chi connectivity index (χ2n) is 3.85. The molecule has 0 heterocycles. The van der Waals surface area contributed by atoms with Crippen molar-refractivity contribution in [2.45, 2.75) is 18.9 Å². The van der Waals surface area contributed by atoms with Crippen molar-refractivity contribution < 1.29 is 18.6 Å². The zero-order valence-corrected chi connectivity index (χ0v) is 9.04. The van der Waals surface area contributed by atoms with Gasteiger partial charge in [-0.1, -0.05) is 6.07 Å². The molecule has 0 spiro atoms. The van der Waals surface area contributed by atoms with E-state index in [0.29, 0.717) is 0 Å². The van der Waals surface area contributed by atoms with Gasteiger partial charge in [0.2, 0.25) is 0 Å².